The summed E-state index contributed by atoms with van der Waals surface area (Å²) in [7, 11) is 0. The van der Waals surface area contributed by atoms with Crippen molar-refractivity contribution in [2.75, 3.05) is 12.0 Å². The van der Waals surface area contributed by atoms with Gasteiger partial charge < -0.3 is 5.32 Å². The molecule has 6 rings (SSSR count). The minimum absolute atomic E-state index is 0.00938. The number of ketones is 1. The Bertz CT molecular complexity index is 794. The lowest BCUT2D eigenvalue weighted by Gasteiger charge is -2.37. The van der Waals surface area contributed by atoms with Crippen LogP contribution in [-0.2, 0) is 9.59 Å². The van der Waals surface area contributed by atoms with Crippen molar-refractivity contribution in [1.29, 1.82) is 0 Å². The van der Waals surface area contributed by atoms with E-state index in [1.54, 1.807) is 18.2 Å². The number of hydrogen-bond acceptors (Lipinski definition) is 4. The van der Waals surface area contributed by atoms with Crippen molar-refractivity contribution in [3.63, 3.8) is 0 Å². The van der Waals surface area contributed by atoms with Gasteiger partial charge >= 0.3 is 0 Å². The zero-order valence-electron chi connectivity index (χ0n) is 14.0. The molecular formula is C20H20N2O3. The predicted molar refractivity (Wildman–Crippen MR) is 91.5 cm³/mol. The summed E-state index contributed by atoms with van der Waals surface area (Å²) < 4.78 is 0. The van der Waals surface area contributed by atoms with Crippen LogP contribution in [0.5, 0.6) is 0 Å². The zero-order chi connectivity index (χ0) is 17.3. The average Bonchev–Trinajstić information content (AvgIpc) is 3.39. The highest BCUT2D eigenvalue weighted by atomic mass is 16.2. The number of likely N-dealkylation sites (tertiary alicyclic amines) is 1. The Labute approximate surface area is 146 Å². The molecule has 5 aliphatic rings. The van der Waals surface area contributed by atoms with Crippen molar-refractivity contribution in [3.8, 4) is 0 Å². The summed E-state index contributed by atoms with van der Waals surface area (Å²) in [6, 6.07) is 7.14. The number of Topliss-reactive ketones (excluding diaryl/α,β-unsaturated/α-hetero) is 1. The number of rotatable bonds is 4. The van der Waals surface area contributed by atoms with Gasteiger partial charge in [-0.05, 0) is 49.1 Å². The van der Waals surface area contributed by atoms with E-state index < -0.39 is 0 Å². The number of nitrogens with one attached hydrogen (secondary N) is 1. The van der Waals surface area contributed by atoms with Gasteiger partial charge in [-0.1, -0.05) is 24.3 Å². The summed E-state index contributed by atoms with van der Waals surface area (Å²) >= 11 is 0. The minimum atomic E-state index is -0.156. The molecule has 2 amide bonds. The lowest BCUT2D eigenvalue weighted by Crippen LogP contribution is -2.40. The summed E-state index contributed by atoms with van der Waals surface area (Å²) in [5.41, 5.74) is 1.35. The monoisotopic (exact) mass is 336 g/mol. The van der Waals surface area contributed by atoms with E-state index in [0.29, 0.717) is 17.4 Å². The molecule has 1 N–H and O–H groups in total. The number of benzene rings is 1. The fourth-order valence-electron chi connectivity index (χ4n) is 5.19. The molecule has 3 fully saturated rings. The second-order valence-corrected chi connectivity index (χ2v) is 7.73. The van der Waals surface area contributed by atoms with E-state index in [1.165, 1.54) is 18.2 Å². The molecule has 2 bridgehead atoms. The topological polar surface area (TPSA) is 66.5 Å². The average molecular weight is 336 g/mol. The van der Waals surface area contributed by atoms with E-state index in [-0.39, 0.29) is 47.9 Å². The Hall–Kier alpha value is -2.43. The summed E-state index contributed by atoms with van der Waals surface area (Å²) in [6.07, 6.45) is 5.53. The number of carbonyl (C=O) groups excluding carboxylic acids is 3. The third-order valence-electron chi connectivity index (χ3n) is 6.46. The minimum Gasteiger partial charge on any atom is -0.367 e. The fraction of sp³-hybridized carbons (Fsp3) is 0.450. The molecule has 1 heterocycles. The fourth-order valence-corrected chi connectivity index (χ4v) is 5.19. The second kappa shape index (κ2) is 5.04. The maximum atomic E-state index is 12.9. The molecule has 1 saturated heterocycles. The van der Waals surface area contributed by atoms with E-state index in [0.717, 1.165) is 5.69 Å². The molecule has 0 unspecified atom stereocenters. The van der Waals surface area contributed by atoms with Gasteiger partial charge in [0.25, 0.3) is 0 Å². The summed E-state index contributed by atoms with van der Waals surface area (Å²) in [5, 5.41) is 3.14. The number of anilines is 1. The molecule has 0 spiro atoms. The van der Waals surface area contributed by atoms with Crippen molar-refractivity contribution in [2.45, 2.75) is 13.3 Å². The number of imide groups is 1. The maximum Gasteiger partial charge on any atom is 0.235 e. The lowest BCUT2D eigenvalue weighted by atomic mass is 9.63. The zero-order valence-corrected chi connectivity index (χ0v) is 14.0. The van der Waals surface area contributed by atoms with E-state index in [1.807, 2.05) is 6.07 Å². The molecule has 4 aliphatic carbocycles. The first-order chi connectivity index (χ1) is 12.1. The lowest BCUT2D eigenvalue weighted by molar-refractivity contribution is -0.139. The molecule has 6 atom stereocenters. The number of nitrogens with zero attached hydrogens (tertiary/aromatic N) is 1. The van der Waals surface area contributed by atoms with Crippen LogP contribution in [0.2, 0.25) is 0 Å². The van der Waals surface area contributed by atoms with Crippen LogP contribution in [0.3, 0.4) is 0 Å². The highest BCUT2D eigenvalue weighted by Gasteiger charge is 2.66. The van der Waals surface area contributed by atoms with Gasteiger partial charge in [0.2, 0.25) is 11.8 Å². The number of hydrogen-bond donors (Lipinski definition) is 1. The Morgan fingerprint density at radius 2 is 1.76 bits per heavy atom. The maximum absolute atomic E-state index is 12.9. The quantitative estimate of drug-likeness (QED) is 0.520. The van der Waals surface area contributed by atoms with E-state index in [2.05, 4.69) is 17.5 Å². The standard InChI is InChI=1S/C20H20N2O3/c1-10(23)11-3-2-4-12(7-11)21-9-22-19(24)17-13-5-6-14(16-8-15(13)16)18(17)20(22)25/h2-7,13-18,21H,8-9H2,1H3/t13-,14-,15-,16-,17-,18+/m0/s1. The Balaban J connectivity index is 1.34. The molecule has 1 aromatic rings. The number of carbonyl (C=O) groups is 3. The molecule has 1 aromatic carbocycles. The van der Waals surface area contributed by atoms with Gasteiger partial charge in [0, 0.05) is 11.3 Å². The van der Waals surface area contributed by atoms with Crippen molar-refractivity contribution >= 4 is 23.3 Å². The molecule has 2 saturated carbocycles. The van der Waals surface area contributed by atoms with Crippen molar-refractivity contribution < 1.29 is 14.4 Å². The third kappa shape index (κ3) is 2.04. The molecule has 0 radical (unpaired) electrons. The van der Waals surface area contributed by atoms with Gasteiger partial charge in [0.15, 0.2) is 5.78 Å². The highest BCUT2D eigenvalue weighted by Crippen LogP contribution is 2.65. The molecule has 5 nitrogen and oxygen atoms in total. The van der Waals surface area contributed by atoms with Crippen LogP contribution in [-0.4, -0.2) is 29.2 Å². The normalized spacial score (nSPS) is 37.1. The van der Waals surface area contributed by atoms with Crippen molar-refractivity contribution in [1.82, 2.24) is 4.90 Å². The summed E-state index contributed by atoms with van der Waals surface area (Å²) in [6.45, 7) is 1.69. The van der Waals surface area contributed by atoms with Gasteiger partial charge in [0.1, 0.15) is 0 Å². The smallest absolute Gasteiger partial charge is 0.235 e. The molecule has 5 heteroatoms. The highest BCUT2D eigenvalue weighted by molar-refractivity contribution is 6.06. The van der Waals surface area contributed by atoms with Crippen LogP contribution in [0, 0.1) is 35.5 Å². The predicted octanol–water partition coefficient (Wildman–Crippen LogP) is 2.31. The number of amides is 2. The Morgan fingerprint density at radius 3 is 2.36 bits per heavy atom. The molecule has 128 valence electrons. The van der Waals surface area contributed by atoms with Crippen LogP contribution in [0.4, 0.5) is 5.69 Å². The molecule has 1 aliphatic heterocycles. The largest absolute Gasteiger partial charge is 0.367 e. The molecule has 25 heavy (non-hydrogen) atoms. The summed E-state index contributed by atoms with van der Waals surface area (Å²) in [5.74, 6) is 1.36. The summed E-state index contributed by atoms with van der Waals surface area (Å²) in [4.78, 5) is 38.6. The first-order valence-electron chi connectivity index (χ1n) is 8.94. The van der Waals surface area contributed by atoms with E-state index in [9.17, 15) is 14.4 Å². The van der Waals surface area contributed by atoms with Gasteiger partial charge in [-0.3, -0.25) is 19.3 Å². The van der Waals surface area contributed by atoms with Crippen molar-refractivity contribution in [2.24, 2.45) is 35.5 Å². The van der Waals surface area contributed by atoms with Crippen LogP contribution >= 0.6 is 0 Å². The Kier molecular flexibility index (Phi) is 3.00. The van der Waals surface area contributed by atoms with Crippen LogP contribution in [0.1, 0.15) is 23.7 Å². The third-order valence-corrected chi connectivity index (χ3v) is 6.46. The Morgan fingerprint density at radius 1 is 1.12 bits per heavy atom. The number of allylic oxidation sites excluding steroid dienone is 2. The van der Waals surface area contributed by atoms with Crippen molar-refractivity contribution in [3.05, 3.63) is 42.0 Å². The first kappa shape index (κ1) is 14.9. The SMILES string of the molecule is CC(=O)c1cccc(NCN2C(=O)[C@@H]3[C@H]4C=C[C@@H]([C@@H]5C[C@@H]45)[C@@H]3C2=O)c1. The van der Waals surface area contributed by atoms with Gasteiger partial charge in [-0.2, -0.15) is 0 Å². The first-order valence-corrected chi connectivity index (χ1v) is 8.94. The van der Waals surface area contributed by atoms with Gasteiger partial charge in [0.05, 0.1) is 18.5 Å². The van der Waals surface area contributed by atoms with Crippen LogP contribution < -0.4 is 5.32 Å². The van der Waals surface area contributed by atoms with Crippen LogP contribution in [0.15, 0.2) is 36.4 Å². The van der Waals surface area contributed by atoms with Gasteiger partial charge in [-0.15, -0.1) is 0 Å². The van der Waals surface area contributed by atoms with E-state index >= 15 is 0 Å². The molecule has 0 aromatic heterocycles. The van der Waals surface area contributed by atoms with Crippen LogP contribution in [0.25, 0.3) is 0 Å². The second-order valence-electron chi connectivity index (χ2n) is 7.73. The van der Waals surface area contributed by atoms with Gasteiger partial charge in [-0.25, -0.2) is 0 Å². The molecular weight excluding hydrogens is 316 g/mol. The van der Waals surface area contributed by atoms with E-state index in [4.69, 9.17) is 0 Å².